The van der Waals surface area contributed by atoms with E-state index < -0.39 is 10.0 Å². The predicted octanol–water partition coefficient (Wildman–Crippen LogP) is 1.87. The van der Waals surface area contributed by atoms with Crippen molar-refractivity contribution in [2.24, 2.45) is 5.92 Å². The molecule has 10 nitrogen and oxygen atoms in total. The van der Waals surface area contributed by atoms with Gasteiger partial charge in [-0.3, -0.25) is 9.48 Å². The summed E-state index contributed by atoms with van der Waals surface area (Å²) < 4.78 is 33.9. The van der Waals surface area contributed by atoms with Crippen molar-refractivity contribution in [3.05, 3.63) is 46.9 Å². The largest absolute Gasteiger partial charge is 0.379 e. The summed E-state index contributed by atoms with van der Waals surface area (Å²) in [5.74, 6) is 0.0425. The quantitative estimate of drug-likeness (QED) is 0.529. The second kappa shape index (κ2) is 8.50. The molecule has 0 amide bonds. The Morgan fingerprint density at radius 3 is 2.81 bits per heavy atom. The second-order valence-electron chi connectivity index (χ2n) is 7.18. The molecule has 2 atom stereocenters. The Labute approximate surface area is 178 Å². The number of nitrogens with zero attached hydrogens (tertiary/aromatic N) is 3. The van der Waals surface area contributed by atoms with Crippen molar-refractivity contribution < 1.29 is 13.2 Å². The standard InChI is InChI=1S/C20H22N6O4S/c1-2-23-31(28,29)15-5-3-14(4-6-15)24-19-18-16(7-9-22-20(18)27)26(25-19)17-12-30-10-8-13(17)11-21/h3-7,9,13,17,23H,2,8,10,12H2,1H3,(H,22,27)(H,24,25). The highest BCUT2D eigenvalue weighted by Gasteiger charge is 2.30. The van der Waals surface area contributed by atoms with Gasteiger partial charge < -0.3 is 15.0 Å². The number of pyridine rings is 1. The van der Waals surface area contributed by atoms with E-state index in [0.29, 0.717) is 48.6 Å². The third-order valence-corrected chi connectivity index (χ3v) is 6.76. The smallest absolute Gasteiger partial charge is 0.261 e. The first kappa shape index (κ1) is 21.0. The zero-order chi connectivity index (χ0) is 22.0. The minimum Gasteiger partial charge on any atom is -0.379 e. The molecule has 0 spiro atoms. The van der Waals surface area contributed by atoms with Crippen LogP contribution < -0.4 is 15.6 Å². The lowest BCUT2D eigenvalue weighted by Crippen LogP contribution is -2.30. The first-order chi connectivity index (χ1) is 14.9. The number of aromatic nitrogens is 3. The van der Waals surface area contributed by atoms with Crippen LogP contribution in [0.1, 0.15) is 19.4 Å². The zero-order valence-electron chi connectivity index (χ0n) is 16.8. The van der Waals surface area contributed by atoms with Crippen molar-refractivity contribution in [2.45, 2.75) is 24.3 Å². The Bertz CT molecular complexity index is 1290. The molecule has 0 radical (unpaired) electrons. The minimum absolute atomic E-state index is 0.143. The van der Waals surface area contributed by atoms with Gasteiger partial charge in [0.1, 0.15) is 5.39 Å². The van der Waals surface area contributed by atoms with Crippen molar-refractivity contribution in [1.82, 2.24) is 19.5 Å². The molecule has 31 heavy (non-hydrogen) atoms. The normalized spacial score (nSPS) is 19.2. The summed E-state index contributed by atoms with van der Waals surface area (Å²) in [6.45, 7) is 2.85. The van der Waals surface area contributed by atoms with Gasteiger partial charge in [-0.2, -0.15) is 10.4 Å². The van der Waals surface area contributed by atoms with Crippen LogP contribution in [0.15, 0.2) is 46.2 Å². The van der Waals surface area contributed by atoms with Gasteiger partial charge in [-0.15, -0.1) is 0 Å². The van der Waals surface area contributed by atoms with E-state index >= 15 is 0 Å². The molecule has 11 heteroatoms. The van der Waals surface area contributed by atoms with Crippen LogP contribution >= 0.6 is 0 Å². The van der Waals surface area contributed by atoms with Gasteiger partial charge in [-0.1, -0.05) is 6.92 Å². The van der Waals surface area contributed by atoms with E-state index in [9.17, 15) is 18.5 Å². The number of nitriles is 1. The molecule has 0 saturated carbocycles. The molecule has 1 aromatic carbocycles. The average molecular weight is 443 g/mol. The molecule has 162 valence electrons. The number of aromatic amines is 1. The summed E-state index contributed by atoms with van der Waals surface area (Å²) in [6.07, 6.45) is 2.13. The number of H-pyrrole nitrogens is 1. The molecule has 3 aromatic rings. The molecule has 2 aromatic heterocycles. The van der Waals surface area contributed by atoms with Crippen molar-refractivity contribution >= 4 is 32.4 Å². The molecule has 3 heterocycles. The molecule has 0 bridgehead atoms. The maximum absolute atomic E-state index is 12.6. The van der Waals surface area contributed by atoms with Crippen molar-refractivity contribution in [3.8, 4) is 6.07 Å². The Hall–Kier alpha value is -3.20. The lowest BCUT2D eigenvalue weighted by atomic mass is 9.96. The summed E-state index contributed by atoms with van der Waals surface area (Å²) >= 11 is 0. The van der Waals surface area contributed by atoms with E-state index in [2.05, 4.69) is 26.2 Å². The summed E-state index contributed by atoms with van der Waals surface area (Å²) in [4.78, 5) is 15.4. The van der Waals surface area contributed by atoms with E-state index in [1.54, 1.807) is 29.8 Å². The lowest BCUT2D eigenvalue weighted by molar-refractivity contribution is 0.0359. The van der Waals surface area contributed by atoms with E-state index in [1.807, 2.05) is 0 Å². The Morgan fingerprint density at radius 1 is 1.32 bits per heavy atom. The summed E-state index contributed by atoms with van der Waals surface area (Å²) in [5, 5.41) is 17.6. The predicted molar refractivity (Wildman–Crippen MR) is 115 cm³/mol. The van der Waals surface area contributed by atoms with E-state index in [4.69, 9.17) is 4.74 Å². The van der Waals surface area contributed by atoms with Crippen LogP contribution in [-0.2, 0) is 14.8 Å². The number of fused-ring (bicyclic) bond motifs is 1. The van der Waals surface area contributed by atoms with E-state index in [1.165, 1.54) is 18.3 Å². The number of ether oxygens (including phenoxy) is 1. The highest BCUT2D eigenvalue weighted by atomic mass is 32.2. The fourth-order valence-electron chi connectivity index (χ4n) is 3.68. The fourth-order valence-corrected chi connectivity index (χ4v) is 4.72. The number of nitrogens with one attached hydrogen (secondary N) is 3. The molecular weight excluding hydrogens is 420 g/mol. The minimum atomic E-state index is -3.56. The SMILES string of the molecule is CCNS(=O)(=O)c1ccc(Nc2nn(C3COCCC3C#N)c3cc[nH]c(=O)c23)cc1. The third-order valence-electron chi connectivity index (χ3n) is 5.20. The van der Waals surface area contributed by atoms with Gasteiger partial charge in [-0.25, -0.2) is 13.1 Å². The van der Waals surface area contributed by atoms with Crippen LogP contribution in [0.2, 0.25) is 0 Å². The zero-order valence-corrected chi connectivity index (χ0v) is 17.6. The van der Waals surface area contributed by atoms with Crippen LogP contribution in [0, 0.1) is 17.2 Å². The number of rotatable bonds is 6. The first-order valence-corrected chi connectivity index (χ1v) is 11.4. The number of hydrogen-bond acceptors (Lipinski definition) is 7. The van der Waals surface area contributed by atoms with Gasteiger partial charge >= 0.3 is 0 Å². The lowest BCUT2D eigenvalue weighted by Gasteiger charge is -2.27. The Balaban J connectivity index is 1.72. The van der Waals surface area contributed by atoms with Crippen LogP contribution in [0.25, 0.3) is 10.9 Å². The van der Waals surface area contributed by atoms with Gasteiger partial charge in [0.25, 0.3) is 5.56 Å². The van der Waals surface area contributed by atoms with Crippen LogP contribution in [0.4, 0.5) is 11.5 Å². The van der Waals surface area contributed by atoms with E-state index in [-0.39, 0.29) is 22.4 Å². The highest BCUT2D eigenvalue weighted by Crippen LogP contribution is 2.31. The molecule has 0 aliphatic carbocycles. The Morgan fingerprint density at radius 2 is 2.10 bits per heavy atom. The number of hydrogen-bond donors (Lipinski definition) is 3. The molecule has 3 N–H and O–H groups in total. The molecule has 1 fully saturated rings. The van der Waals surface area contributed by atoms with E-state index in [0.717, 1.165) is 0 Å². The fraction of sp³-hybridized carbons (Fsp3) is 0.350. The molecule has 1 aliphatic rings. The van der Waals surface area contributed by atoms with Gasteiger partial charge in [0.2, 0.25) is 10.0 Å². The van der Waals surface area contributed by atoms with Crippen LogP contribution in [-0.4, -0.2) is 42.9 Å². The Kier molecular flexibility index (Phi) is 5.77. The monoisotopic (exact) mass is 442 g/mol. The number of benzene rings is 1. The number of anilines is 2. The molecule has 4 rings (SSSR count). The molecular formula is C20H22N6O4S. The van der Waals surface area contributed by atoms with Crippen molar-refractivity contribution in [1.29, 1.82) is 5.26 Å². The third kappa shape index (κ3) is 4.05. The average Bonchev–Trinajstić information content (AvgIpc) is 3.13. The van der Waals surface area contributed by atoms with Crippen molar-refractivity contribution in [2.75, 3.05) is 25.1 Å². The maximum Gasteiger partial charge on any atom is 0.261 e. The van der Waals surface area contributed by atoms with Gasteiger partial charge in [0.15, 0.2) is 5.82 Å². The molecule has 2 unspecified atom stereocenters. The summed E-state index contributed by atoms with van der Waals surface area (Å²) in [7, 11) is -3.56. The van der Waals surface area contributed by atoms with Crippen LogP contribution in [0.3, 0.4) is 0 Å². The van der Waals surface area contributed by atoms with Crippen LogP contribution in [0.5, 0.6) is 0 Å². The summed E-state index contributed by atoms with van der Waals surface area (Å²) in [6, 6.07) is 9.90. The first-order valence-electron chi connectivity index (χ1n) is 9.88. The summed E-state index contributed by atoms with van der Waals surface area (Å²) in [5.41, 5.74) is 0.846. The molecule has 1 aliphatic heterocycles. The molecule has 1 saturated heterocycles. The maximum atomic E-state index is 12.6. The topological polar surface area (TPSA) is 142 Å². The number of sulfonamides is 1. The highest BCUT2D eigenvalue weighted by molar-refractivity contribution is 7.89. The van der Waals surface area contributed by atoms with Gasteiger partial charge in [0.05, 0.1) is 35.0 Å². The van der Waals surface area contributed by atoms with Crippen molar-refractivity contribution in [3.63, 3.8) is 0 Å². The second-order valence-corrected chi connectivity index (χ2v) is 8.94. The van der Waals surface area contributed by atoms with Gasteiger partial charge in [-0.05, 0) is 36.8 Å². The van der Waals surface area contributed by atoms with Gasteiger partial charge in [0, 0.05) is 25.0 Å².